The molecule has 0 fully saturated rings. The van der Waals surface area contributed by atoms with Crippen molar-refractivity contribution < 1.29 is 14.6 Å². The topological polar surface area (TPSA) is 111 Å². The van der Waals surface area contributed by atoms with Crippen molar-refractivity contribution >= 4 is 34.3 Å². The number of aromatic hydroxyl groups is 1. The number of nitrogens with zero attached hydrogens (tertiary/aromatic N) is 2. The highest BCUT2D eigenvalue weighted by Crippen LogP contribution is 2.38. The second-order valence-electron chi connectivity index (χ2n) is 7.11. The van der Waals surface area contributed by atoms with Crippen molar-refractivity contribution in [1.82, 2.24) is 9.97 Å². The Kier molecular flexibility index (Phi) is 4.19. The van der Waals surface area contributed by atoms with Crippen molar-refractivity contribution in [3.05, 3.63) is 71.5 Å². The molecular weight excluding hydrogens is 392 g/mol. The fraction of sp³-hybridized carbons (Fsp3) is 0.0417. The van der Waals surface area contributed by atoms with Gasteiger partial charge < -0.3 is 20.1 Å². The van der Waals surface area contributed by atoms with Gasteiger partial charge in [0.25, 0.3) is 5.91 Å². The van der Waals surface area contributed by atoms with Crippen LogP contribution in [-0.2, 0) is 4.79 Å². The number of fused-ring (bicyclic) bond motifs is 2. The standard InChI is InChI=1S/C24H16N4O3/c1-31-22-10-14(3-7-21(22)29)13-2-5-18-19(24(30)28-20(18)9-13)8-15-12-26-23-17(15)6-4-16(11-25)27-23/h2-10,12,29H,1H3,(H,26,27)(H,28,30)/b19-8-. The van der Waals surface area contributed by atoms with Gasteiger partial charge >= 0.3 is 0 Å². The van der Waals surface area contributed by atoms with Crippen LogP contribution in [0.25, 0.3) is 33.8 Å². The van der Waals surface area contributed by atoms with E-state index in [4.69, 9.17) is 10.00 Å². The molecule has 31 heavy (non-hydrogen) atoms. The lowest BCUT2D eigenvalue weighted by molar-refractivity contribution is -0.110. The van der Waals surface area contributed by atoms with Gasteiger partial charge in [-0.3, -0.25) is 4.79 Å². The van der Waals surface area contributed by atoms with Crippen LogP contribution < -0.4 is 10.1 Å². The van der Waals surface area contributed by atoms with Crippen molar-refractivity contribution in [2.24, 2.45) is 0 Å². The molecule has 3 N–H and O–H groups in total. The summed E-state index contributed by atoms with van der Waals surface area (Å²) in [7, 11) is 1.50. The molecule has 0 unspecified atom stereocenters. The van der Waals surface area contributed by atoms with E-state index >= 15 is 0 Å². The third-order valence-corrected chi connectivity index (χ3v) is 5.30. The summed E-state index contributed by atoms with van der Waals surface area (Å²) >= 11 is 0. The number of nitriles is 1. The SMILES string of the molecule is COc1cc(-c2ccc3c(c2)NC(=O)/C3=C\c2c[nH]c3nc(C#N)ccc23)ccc1O. The van der Waals surface area contributed by atoms with E-state index in [0.29, 0.717) is 28.4 Å². The second-order valence-corrected chi connectivity index (χ2v) is 7.11. The number of anilines is 1. The molecule has 0 radical (unpaired) electrons. The largest absolute Gasteiger partial charge is 0.504 e. The van der Waals surface area contributed by atoms with Crippen LogP contribution in [0.1, 0.15) is 16.8 Å². The number of aromatic amines is 1. The average molecular weight is 408 g/mol. The Labute approximate surface area is 177 Å². The molecule has 5 rings (SSSR count). The van der Waals surface area contributed by atoms with Gasteiger partial charge in [-0.05, 0) is 47.5 Å². The Morgan fingerprint density at radius 2 is 1.94 bits per heavy atom. The molecule has 0 bridgehead atoms. The number of methoxy groups -OCH3 is 1. The molecule has 1 amide bonds. The lowest BCUT2D eigenvalue weighted by Crippen LogP contribution is -2.03. The zero-order valence-electron chi connectivity index (χ0n) is 16.4. The second kappa shape index (κ2) is 7.04. The van der Waals surface area contributed by atoms with Crippen molar-refractivity contribution in [3.8, 4) is 28.7 Å². The van der Waals surface area contributed by atoms with Crippen LogP contribution in [0.4, 0.5) is 5.69 Å². The normalized spacial score (nSPS) is 13.8. The molecule has 0 spiro atoms. The Hall–Kier alpha value is -4.57. The van der Waals surface area contributed by atoms with Crippen molar-refractivity contribution in [1.29, 1.82) is 5.26 Å². The van der Waals surface area contributed by atoms with E-state index in [9.17, 15) is 9.90 Å². The summed E-state index contributed by atoms with van der Waals surface area (Å²) < 4.78 is 5.19. The number of hydrogen-bond acceptors (Lipinski definition) is 5. The quantitative estimate of drug-likeness (QED) is 0.438. The van der Waals surface area contributed by atoms with E-state index in [1.54, 1.807) is 30.5 Å². The molecule has 0 saturated carbocycles. The molecule has 150 valence electrons. The van der Waals surface area contributed by atoms with Gasteiger partial charge in [0.05, 0.1) is 7.11 Å². The summed E-state index contributed by atoms with van der Waals surface area (Å²) in [6.45, 7) is 0. The number of H-pyrrole nitrogens is 1. The van der Waals surface area contributed by atoms with E-state index in [2.05, 4.69) is 15.3 Å². The Morgan fingerprint density at radius 3 is 2.74 bits per heavy atom. The predicted octanol–water partition coefficient (Wildman–Crippen LogP) is 4.31. The summed E-state index contributed by atoms with van der Waals surface area (Å²) in [5, 5.41) is 22.6. The highest BCUT2D eigenvalue weighted by Gasteiger charge is 2.25. The number of carbonyl (C=O) groups excluding carboxylic acids is 1. The molecule has 4 aromatic rings. The fourth-order valence-corrected chi connectivity index (χ4v) is 3.74. The third kappa shape index (κ3) is 3.07. The monoisotopic (exact) mass is 408 g/mol. The van der Waals surface area contributed by atoms with Gasteiger partial charge in [-0.2, -0.15) is 5.26 Å². The first-order valence-electron chi connectivity index (χ1n) is 9.50. The van der Waals surface area contributed by atoms with Gasteiger partial charge in [0.15, 0.2) is 11.5 Å². The molecule has 0 atom stereocenters. The molecule has 3 heterocycles. The van der Waals surface area contributed by atoms with E-state index in [1.807, 2.05) is 36.4 Å². The maximum absolute atomic E-state index is 12.7. The summed E-state index contributed by atoms with van der Waals surface area (Å²) in [5.41, 5.74) is 5.56. The number of ether oxygens (including phenoxy) is 1. The van der Waals surface area contributed by atoms with Crippen molar-refractivity contribution in [2.45, 2.75) is 0 Å². The van der Waals surface area contributed by atoms with E-state index in [0.717, 1.165) is 27.6 Å². The first-order valence-corrected chi connectivity index (χ1v) is 9.50. The molecule has 7 nitrogen and oxygen atoms in total. The van der Waals surface area contributed by atoms with Crippen LogP contribution in [0.15, 0.2) is 54.7 Å². The smallest absolute Gasteiger partial charge is 0.256 e. The lowest BCUT2D eigenvalue weighted by Gasteiger charge is -2.08. The van der Waals surface area contributed by atoms with Gasteiger partial charge in [0.1, 0.15) is 17.4 Å². The van der Waals surface area contributed by atoms with Crippen LogP contribution in [-0.4, -0.2) is 28.1 Å². The summed E-state index contributed by atoms with van der Waals surface area (Å²) in [4.78, 5) is 20.0. The first kappa shape index (κ1) is 18.5. The van der Waals surface area contributed by atoms with Crippen LogP contribution in [0.5, 0.6) is 11.5 Å². The first-order chi connectivity index (χ1) is 15.1. The van der Waals surface area contributed by atoms with E-state index < -0.39 is 0 Å². The Morgan fingerprint density at radius 1 is 1.13 bits per heavy atom. The van der Waals surface area contributed by atoms with Gasteiger partial charge in [0.2, 0.25) is 0 Å². The number of amides is 1. The van der Waals surface area contributed by atoms with Gasteiger partial charge in [-0.1, -0.05) is 18.2 Å². The molecule has 0 saturated heterocycles. The van der Waals surface area contributed by atoms with Crippen LogP contribution >= 0.6 is 0 Å². The molecule has 1 aliphatic rings. The van der Waals surface area contributed by atoms with Crippen LogP contribution in [0, 0.1) is 11.3 Å². The number of phenols is 1. The maximum Gasteiger partial charge on any atom is 0.256 e. The predicted molar refractivity (Wildman–Crippen MR) is 117 cm³/mol. The minimum atomic E-state index is -0.189. The van der Waals surface area contributed by atoms with Gasteiger partial charge in [0, 0.05) is 34.0 Å². The van der Waals surface area contributed by atoms with Crippen molar-refractivity contribution in [2.75, 3.05) is 12.4 Å². The highest BCUT2D eigenvalue weighted by atomic mass is 16.5. The number of phenolic OH excluding ortho intramolecular Hbond substituents is 1. The summed E-state index contributed by atoms with van der Waals surface area (Å²) in [6, 6.07) is 16.3. The van der Waals surface area contributed by atoms with Crippen molar-refractivity contribution in [3.63, 3.8) is 0 Å². The average Bonchev–Trinajstić information content (AvgIpc) is 3.33. The van der Waals surface area contributed by atoms with Gasteiger partial charge in [-0.25, -0.2) is 4.98 Å². The molecule has 2 aromatic heterocycles. The fourth-order valence-electron chi connectivity index (χ4n) is 3.74. The zero-order chi connectivity index (χ0) is 21.5. The highest BCUT2D eigenvalue weighted by molar-refractivity contribution is 6.35. The number of nitrogens with one attached hydrogen (secondary N) is 2. The molecular formula is C24H16N4O3. The zero-order valence-corrected chi connectivity index (χ0v) is 16.4. The summed E-state index contributed by atoms with van der Waals surface area (Å²) in [6.07, 6.45) is 3.59. The number of hydrogen-bond donors (Lipinski definition) is 3. The molecule has 2 aromatic carbocycles. The van der Waals surface area contributed by atoms with E-state index in [1.165, 1.54) is 7.11 Å². The summed E-state index contributed by atoms with van der Waals surface area (Å²) in [5.74, 6) is 0.266. The maximum atomic E-state index is 12.7. The number of aromatic nitrogens is 2. The Balaban J connectivity index is 1.55. The van der Waals surface area contributed by atoms with E-state index in [-0.39, 0.29) is 11.7 Å². The minimum Gasteiger partial charge on any atom is -0.504 e. The van der Waals surface area contributed by atoms with Gasteiger partial charge in [-0.15, -0.1) is 0 Å². The number of pyridine rings is 1. The number of carbonyl (C=O) groups is 1. The third-order valence-electron chi connectivity index (χ3n) is 5.30. The molecule has 7 heteroatoms. The minimum absolute atomic E-state index is 0.0704. The Bertz CT molecular complexity index is 1440. The molecule has 0 aliphatic carbocycles. The number of benzene rings is 2. The molecule has 1 aliphatic heterocycles. The van der Waals surface area contributed by atoms with Crippen LogP contribution in [0.3, 0.4) is 0 Å². The lowest BCUT2D eigenvalue weighted by atomic mass is 9.99. The van der Waals surface area contributed by atoms with Crippen LogP contribution in [0.2, 0.25) is 0 Å². The number of rotatable bonds is 3.